The van der Waals surface area contributed by atoms with Crippen LogP contribution in [-0.2, 0) is 4.74 Å². The smallest absolute Gasteiger partial charge is 0.258 e. The molecule has 3 rings (SSSR count). The number of carbonyl (C=O) groups excluding carboxylic acids is 1. The third kappa shape index (κ3) is 2.80. The van der Waals surface area contributed by atoms with Gasteiger partial charge in [0.15, 0.2) is 5.82 Å². The number of hydrogen-bond donors (Lipinski definition) is 1. The zero-order valence-corrected chi connectivity index (χ0v) is 12.0. The highest BCUT2D eigenvalue weighted by molar-refractivity contribution is 6.00. The summed E-state index contributed by atoms with van der Waals surface area (Å²) < 4.78 is 10.3. The average molecular weight is 287 g/mol. The molecule has 0 unspecified atom stereocenters. The summed E-state index contributed by atoms with van der Waals surface area (Å²) in [7, 11) is 0. The number of amides is 1. The molecule has 0 bridgehead atoms. The summed E-state index contributed by atoms with van der Waals surface area (Å²) in [5.74, 6) is 1.03. The summed E-state index contributed by atoms with van der Waals surface area (Å²) in [6.07, 6.45) is 0. The summed E-state index contributed by atoms with van der Waals surface area (Å²) in [4.78, 5) is 16.7. The SMILES string of the molecule is CC(C)c1noc(-c2ccccc2C(=O)NC2COC2)n1. The van der Waals surface area contributed by atoms with E-state index in [0.29, 0.717) is 36.1 Å². The van der Waals surface area contributed by atoms with Crippen LogP contribution in [0.5, 0.6) is 0 Å². The Hall–Kier alpha value is -2.21. The molecule has 0 atom stereocenters. The predicted octanol–water partition coefficient (Wildman–Crippen LogP) is 1.99. The molecule has 1 aliphatic rings. The number of hydrogen-bond acceptors (Lipinski definition) is 5. The number of aromatic nitrogens is 2. The lowest BCUT2D eigenvalue weighted by Crippen LogP contribution is -2.48. The van der Waals surface area contributed by atoms with Crippen LogP contribution in [0.3, 0.4) is 0 Å². The van der Waals surface area contributed by atoms with Crippen molar-refractivity contribution in [2.24, 2.45) is 0 Å². The van der Waals surface area contributed by atoms with E-state index in [0.717, 1.165) is 0 Å². The van der Waals surface area contributed by atoms with Crippen molar-refractivity contribution in [3.63, 3.8) is 0 Å². The second-order valence-electron chi connectivity index (χ2n) is 5.37. The van der Waals surface area contributed by atoms with E-state index in [-0.39, 0.29) is 17.9 Å². The second kappa shape index (κ2) is 5.65. The van der Waals surface area contributed by atoms with Gasteiger partial charge in [0.05, 0.1) is 30.4 Å². The Labute approximate surface area is 122 Å². The Morgan fingerprint density at radius 1 is 1.33 bits per heavy atom. The molecule has 0 saturated carbocycles. The van der Waals surface area contributed by atoms with Gasteiger partial charge in [-0.05, 0) is 12.1 Å². The van der Waals surface area contributed by atoms with Gasteiger partial charge in [-0.15, -0.1) is 0 Å². The van der Waals surface area contributed by atoms with Crippen LogP contribution < -0.4 is 5.32 Å². The Balaban J connectivity index is 1.88. The molecule has 6 nitrogen and oxygen atoms in total. The average Bonchev–Trinajstić information content (AvgIpc) is 2.92. The van der Waals surface area contributed by atoms with Crippen molar-refractivity contribution in [1.82, 2.24) is 15.5 Å². The molecule has 1 saturated heterocycles. The largest absolute Gasteiger partial charge is 0.377 e. The highest BCUT2D eigenvalue weighted by atomic mass is 16.5. The standard InChI is InChI=1S/C15H17N3O3/c1-9(2)13-17-15(21-18-13)12-6-4-3-5-11(12)14(19)16-10-7-20-8-10/h3-6,9-10H,7-8H2,1-2H3,(H,16,19). The van der Waals surface area contributed by atoms with Crippen molar-refractivity contribution in [1.29, 1.82) is 0 Å². The molecule has 1 aromatic carbocycles. The Morgan fingerprint density at radius 2 is 2.10 bits per heavy atom. The lowest BCUT2D eigenvalue weighted by Gasteiger charge is -2.27. The highest BCUT2D eigenvalue weighted by Gasteiger charge is 2.24. The normalized spacial score (nSPS) is 15.0. The van der Waals surface area contributed by atoms with Gasteiger partial charge in [0, 0.05) is 5.92 Å². The number of rotatable bonds is 4. The van der Waals surface area contributed by atoms with E-state index in [9.17, 15) is 4.79 Å². The van der Waals surface area contributed by atoms with Gasteiger partial charge in [0.1, 0.15) is 0 Å². The first kappa shape index (κ1) is 13.8. The van der Waals surface area contributed by atoms with Gasteiger partial charge in [0.2, 0.25) is 0 Å². The fourth-order valence-electron chi connectivity index (χ4n) is 2.03. The molecule has 6 heteroatoms. The molecule has 1 amide bonds. The fourth-order valence-corrected chi connectivity index (χ4v) is 2.03. The van der Waals surface area contributed by atoms with E-state index < -0.39 is 0 Å². The van der Waals surface area contributed by atoms with E-state index >= 15 is 0 Å². The maximum absolute atomic E-state index is 12.3. The van der Waals surface area contributed by atoms with Crippen LogP contribution in [-0.4, -0.2) is 35.3 Å². The zero-order valence-electron chi connectivity index (χ0n) is 12.0. The summed E-state index contributed by atoms with van der Waals surface area (Å²) in [5, 5.41) is 6.86. The van der Waals surface area contributed by atoms with E-state index in [4.69, 9.17) is 9.26 Å². The molecular formula is C15H17N3O3. The molecule has 1 aromatic heterocycles. The molecule has 2 aromatic rings. The Bertz CT molecular complexity index is 647. The van der Waals surface area contributed by atoms with E-state index in [1.165, 1.54) is 0 Å². The summed E-state index contributed by atoms with van der Waals surface area (Å²) >= 11 is 0. The maximum Gasteiger partial charge on any atom is 0.258 e. The topological polar surface area (TPSA) is 77.2 Å². The van der Waals surface area contributed by atoms with Crippen molar-refractivity contribution < 1.29 is 14.1 Å². The molecule has 110 valence electrons. The molecule has 1 aliphatic heterocycles. The highest BCUT2D eigenvalue weighted by Crippen LogP contribution is 2.24. The molecular weight excluding hydrogens is 270 g/mol. The van der Waals surface area contributed by atoms with Crippen LogP contribution in [0.15, 0.2) is 28.8 Å². The van der Waals surface area contributed by atoms with Crippen LogP contribution in [0.4, 0.5) is 0 Å². The third-order valence-corrected chi connectivity index (χ3v) is 3.33. The monoisotopic (exact) mass is 287 g/mol. The first-order valence-electron chi connectivity index (χ1n) is 6.96. The van der Waals surface area contributed by atoms with Crippen molar-refractivity contribution in [2.45, 2.75) is 25.8 Å². The number of ether oxygens (including phenoxy) is 1. The minimum atomic E-state index is -0.150. The summed E-state index contributed by atoms with van der Waals surface area (Å²) in [6, 6.07) is 7.31. The van der Waals surface area contributed by atoms with Crippen molar-refractivity contribution in [2.75, 3.05) is 13.2 Å². The minimum absolute atomic E-state index is 0.0828. The predicted molar refractivity (Wildman–Crippen MR) is 75.9 cm³/mol. The van der Waals surface area contributed by atoms with Crippen LogP contribution in [0.1, 0.15) is 35.9 Å². The lowest BCUT2D eigenvalue weighted by atomic mass is 10.1. The first-order chi connectivity index (χ1) is 10.1. The quantitative estimate of drug-likeness (QED) is 0.930. The summed E-state index contributed by atoms with van der Waals surface area (Å²) in [5.41, 5.74) is 1.18. The minimum Gasteiger partial charge on any atom is -0.377 e. The third-order valence-electron chi connectivity index (χ3n) is 3.33. The first-order valence-corrected chi connectivity index (χ1v) is 6.96. The molecule has 1 fully saturated rings. The molecule has 21 heavy (non-hydrogen) atoms. The van der Waals surface area contributed by atoms with Gasteiger partial charge in [0.25, 0.3) is 11.8 Å². The lowest BCUT2D eigenvalue weighted by molar-refractivity contribution is -0.00345. The summed E-state index contributed by atoms with van der Waals surface area (Å²) in [6.45, 7) is 5.10. The van der Waals surface area contributed by atoms with Gasteiger partial charge in [-0.25, -0.2) is 0 Å². The van der Waals surface area contributed by atoms with Gasteiger partial charge in [-0.3, -0.25) is 4.79 Å². The van der Waals surface area contributed by atoms with Crippen LogP contribution in [0, 0.1) is 0 Å². The Morgan fingerprint density at radius 3 is 2.71 bits per heavy atom. The van der Waals surface area contributed by atoms with Crippen LogP contribution in [0.25, 0.3) is 11.5 Å². The number of nitrogens with one attached hydrogen (secondary N) is 1. The molecule has 0 radical (unpaired) electrons. The maximum atomic E-state index is 12.3. The van der Waals surface area contributed by atoms with E-state index in [1.807, 2.05) is 32.0 Å². The second-order valence-corrected chi connectivity index (χ2v) is 5.37. The van der Waals surface area contributed by atoms with Gasteiger partial charge in [-0.2, -0.15) is 4.98 Å². The number of carbonyl (C=O) groups is 1. The van der Waals surface area contributed by atoms with E-state index in [2.05, 4.69) is 15.5 Å². The zero-order chi connectivity index (χ0) is 14.8. The van der Waals surface area contributed by atoms with Gasteiger partial charge in [-0.1, -0.05) is 31.1 Å². The Kier molecular flexibility index (Phi) is 3.70. The van der Waals surface area contributed by atoms with Gasteiger partial charge >= 0.3 is 0 Å². The van der Waals surface area contributed by atoms with Crippen molar-refractivity contribution in [3.8, 4) is 11.5 Å². The van der Waals surface area contributed by atoms with Crippen molar-refractivity contribution in [3.05, 3.63) is 35.7 Å². The van der Waals surface area contributed by atoms with Gasteiger partial charge < -0.3 is 14.6 Å². The molecule has 1 N–H and O–H groups in total. The fraction of sp³-hybridized carbons (Fsp3) is 0.400. The van der Waals surface area contributed by atoms with Crippen LogP contribution in [0.2, 0.25) is 0 Å². The molecule has 0 aliphatic carbocycles. The number of nitrogens with zero attached hydrogens (tertiary/aromatic N) is 2. The van der Waals surface area contributed by atoms with E-state index in [1.54, 1.807) is 6.07 Å². The molecule has 2 heterocycles. The van der Waals surface area contributed by atoms with Crippen molar-refractivity contribution >= 4 is 5.91 Å². The van der Waals surface area contributed by atoms with Crippen LogP contribution >= 0.6 is 0 Å². The molecule has 0 spiro atoms. The number of benzene rings is 1.